The lowest BCUT2D eigenvalue weighted by Gasteiger charge is -2.27. The zero-order chi connectivity index (χ0) is 70.7. The fourth-order valence-corrected chi connectivity index (χ4v) is 10.4. The molecule has 98 heavy (non-hydrogen) atoms. The van der Waals surface area contributed by atoms with Crippen LogP contribution >= 0.6 is 0 Å². The van der Waals surface area contributed by atoms with E-state index in [1.54, 1.807) is 67.6 Å². The normalized spacial score (nSPS) is 16.6. The standard InChI is InChI=1S/C70H89N9O19/c1-9-13-47(11-3)41-76-43-64(84)79(55-39-59(57(91-8)37-53(55)68(76)87)97-26-12-25-96-58-38-54-52(36-56(58)90-7)69(88)78-42-49(14-10-2)35-51(78)40-72-54)70(89)98-44-48-15-17-50(18-16-48)74-66(85)46(6)73-67(86)65(45(4)5)75-61(81)22-27-92-29-31-94-33-34-95-32-30-93-28-23-71-60(80)21-24-77-62(82)19-20-63(77)83/h9-10,13-20,36-42,45-46,51,64-65,84H,11-12,21-35,43-44H2,1-8H3,(H,71,80)(H,73,86)(H,74,85)(H,75,81)/b13-9+,14-10+,47-41+/t46-,51-,64-,65+/m0/s1. The number of aliphatic imine (C=N–C) groups is 1. The van der Waals surface area contributed by atoms with E-state index < -0.39 is 59.8 Å². The fourth-order valence-electron chi connectivity index (χ4n) is 10.4. The predicted octanol–water partition coefficient (Wildman–Crippen LogP) is 6.20. The second-order valence-electron chi connectivity index (χ2n) is 23.1. The molecule has 0 fully saturated rings. The maximum absolute atomic E-state index is 14.4. The second kappa shape index (κ2) is 38.3. The number of ether oxygens (including phenoxy) is 9. The van der Waals surface area contributed by atoms with Gasteiger partial charge < -0.3 is 78.8 Å². The number of aliphatic hydroxyl groups is 1. The Labute approximate surface area is 569 Å². The van der Waals surface area contributed by atoms with Crippen LogP contribution in [-0.4, -0.2) is 204 Å². The van der Waals surface area contributed by atoms with E-state index in [9.17, 15) is 48.3 Å². The molecule has 4 atom stereocenters. The van der Waals surface area contributed by atoms with E-state index in [4.69, 9.17) is 42.6 Å². The van der Waals surface area contributed by atoms with Gasteiger partial charge >= 0.3 is 6.09 Å². The molecule has 0 saturated heterocycles. The Balaban J connectivity index is 0.840. The van der Waals surface area contributed by atoms with Crippen molar-refractivity contribution in [1.29, 1.82) is 0 Å². The summed E-state index contributed by atoms with van der Waals surface area (Å²) in [6, 6.07) is 10.4. The van der Waals surface area contributed by atoms with Crippen molar-refractivity contribution in [2.75, 3.05) is 110 Å². The number of rotatable bonds is 38. The number of imide groups is 1. The van der Waals surface area contributed by atoms with Crippen molar-refractivity contribution in [1.82, 2.24) is 30.7 Å². The molecule has 4 heterocycles. The van der Waals surface area contributed by atoms with Crippen LogP contribution in [0.1, 0.15) is 99.9 Å². The maximum Gasteiger partial charge on any atom is 0.416 e. The van der Waals surface area contributed by atoms with Crippen LogP contribution in [0.15, 0.2) is 114 Å². The van der Waals surface area contributed by atoms with Crippen LogP contribution in [0.4, 0.5) is 21.9 Å². The molecule has 7 rings (SSSR count). The number of nitrogens with zero attached hydrogens (tertiary/aromatic N) is 5. The first-order chi connectivity index (χ1) is 47.3. The number of β-amino-alcohol motifs (C(OH)–C–C–N with tert-alkyl or cyclic N) is 1. The van der Waals surface area contributed by atoms with Crippen LogP contribution in [0.2, 0.25) is 0 Å². The predicted molar refractivity (Wildman–Crippen MR) is 361 cm³/mol. The molecule has 4 aliphatic rings. The number of hydrogen-bond donors (Lipinski definition) is 5. The Morgan fingerprint density at radius 1 is 0.714 bits per heavy atom. The summed E-state index contributed by atoms with van der Waals surface area (Å²) in [5, 5.41) is 22.7. The molecule has 0 bridgehead atoms. The van der Waals surface area contributed by atoms with Crippen LogP contribution in [0, 0.1) is 5.92 Å². The molecule has 0 aromatic heterocycles. The minimum Gasteiger partial charge on any atom is -0.493 e. The first-order valence-corrected chi connectivity index (χ1v) is 32.6. The summed E-state index contributed by atoms with van der Waals surface area (Å²) in [5.41, 5.74) is 3.51. The van der Waals surface area contributed by atoms with Crippen molar-refractivity contribution in [3.05, 3.63) is 125 Å². The average molecular weight is 1360 g/mol. The van der Waals surface area contributed by atoms with Crippen molar-refractivity contribution < 1.29 is 90.9 Å². The van der Waals surface area contributed by atoms with Gasteiger partial charge in [0.25, 0.3) is 23.6 Å². The lowest BCUT2D eigenvalue weighted by Crippen LogP contribution is -2.53. The zero-order valence-electron chi connectivity index (χ0n) is 56.7. The molecular weight excluding hydrogens is 1270 g/mol. The third kappa shape index (κ3) is 21.6. The Morgan fingerprint density at radius 3 is 1.97 bits per heavy atom. The monoisotopic (exact) mass is 1360 g/mol. The van der Waals surface area contributed by atoms with E-state index in [-0.39, 0.29) is 125 Å². The van der Waals surface area contributed by atoms with Crippen LogP contribution in [0.5, 0.6) is 23.0 Å². The first kappa shape index (κ1) is 75.6. The highest BCUT2D eigenvalue weighted by molar-refractivity contribution is 6.13. The fraction of sp³-hybridized carbons (Fsp3) is 0.457. The summed E-state index contributed by atoms with van der Waals surface area (Å²) in [4.78, 5) is 127. The van der Waals surface area contributed by atoms with Gasteiger partial charge in [0.2, 0.25) is 23.6 Å². The second-order valence-corrected chi connectivity index (χ2v) is 23.1. The van der Waals surface area contributed by atoms with E-state index in [0.717, 1.165) is 20.9 Å². The highest BCUT2D eigenvalue weighted by atomic mass is 16.6. The lowest BCUT2D eigenvalue weighted by molar-refractivity contribution is -0.137. The minimum absolute atomic E-state index is 0.00119. The quantitative estimate of drug-likeness (QED) is 0.0242. The lowest BCUT2D eigenvalue weighted by atomic mass is 10.0. The largest absolute Gasteiger partial charge is 0.493 e. The van der Waals surface area contributed by atoms with Gasteiger partial charge in [-0.25, -0.2) is 9.69 Å². The Bertz CT molecular complexity index is 3490. The van der Waals surface area contributed by atoms with Gasteiger partial charge in [-0.1, -0.05) is 57.2 Å². The average Bonchev–Trinajstić information content (AvgIpc) is 1.67. The number of aliphatic hydroxyl groups excluding tert-OH is 1. The third-order valence-corrected chi connectivity index (χ3v) is 15.6. The molecule has 0 aliphatic carbocycles. The highest BCUT2D eigenvalue weighted by Crippen LogP contribution is 2.41. The number of hydrogen-bond acceptors (Lipinski definition) is 20. The summed E-state index contributed by atoms with van der Waals surface area (Å²) in [7, 11) is 2.90. The summed E-state index contributed by atoms with van der Waals surface area (Å²) < 4.78 is 51.5. The SMILES string of the molecule is C/C=C/C1=CN2C(=O)c3cc(OC)c(OCCCOc4cc5c(cc4OC)C(=O)N(/C=C(/C=C/C)CC)C[C@H](O)N5C(=O)OCc4ccc(NC(=O)[C@H](C)NC(=O)[C@H](NC(=O)CCOCCOCCOCCOCCNC(=O)CCN5C(=O)C=CC5=O)C(C)C)cc4)cc3N=C[C@@H]2C1. The number of carbonyl (C=O) groups is 9. The smallest absolute Gasteiger partial charge is 0.416 e. The van der Waals surface area contributed by atoms with Crippen molar-refractivity contribution in [3.63, 3.8) is 0 Å². The molecule has 28 heteroatoms. The molecule has 4 aliphatic heterocycles. The summed E-state index contributed by atoms with van der Waals surface area (Å²) in [6.45, 7) is 12.6. The number of benzene rings is 3. The zero-order valence-corrected chi connectivity index (χ0v) is 56.7. The van der Waals surface area contributed by atoms with Crippen LogP contribution < -0.4 is 45.1 Å². The number of carbonyl (C=O) groups excluding carboxylic acids is 9. The first-order valence-electron chi connectivity index (χ1n) is 32.6. The van der Waals surface area contributed by atoms with Crippen molar-refractivity contribution >= 4 is 76.6 Å². The van der Waals surface area contributed by atoms with Crippen molar-refractivity contribution in [2.24, 2.45) is 10.9 Å². The number of methoxy groups -OCH3 is 2. The van der Waals surface area contributed by atoms with E-state index in [0.29, 0.717) is 79.7 Å². The molecule has 5 N–H and O–H groups in total. The molecule has 28 nitrogen and oxygen atoms in total. The molecular formula is C70H89N9O19. The minimum atomic E-state index is -1.60. The van der Waals surface area contributed by atoms with Gasteiger partial charge in [0.1, 0.15) is 18.7 Å². The molecule has 9 amide bonds. The van der Waals surface area contributed by atoms with Gasteiger partial charge in [0, 0.05) is 80.9 Å². The Kier molecular flexibility index (Phi) is 29.5. The van der Waals surface area contributed by atoms with E-state index in [1.165, 1.54) is 50.3 Å². The maximum atomic E-state index is 14.4. The summed E-state index contributed by atoms with van der Waals surface area (Å²) in [5.74, 6) is -2.72. The number of anilines is 2. The van der Waals surface area contributed by atoms with Gasteiger partial charge in [-0.05, 0) is 80.5 Å². The van der Waals surface area contributed by atoms with Gasteiger partial charge in [0.05, 0.1) is 115 Å². The van der Waals surface area contributed by atoms with Crippen LogP contribution in [-0.2, 0) is 59.1 Å². The molecule has 0 saturated carbocycles. The topological polar surface area (TPSA) is 330 Å². The highest BCUT2D eigenvalue weighted by Gasteiger charge is 2.38. The van der Waals surface area contributed by atoms with Gasteiger partial charge in [-0.15, -0.1) is 0 Å². The van der Waals surface area contributed by atoms with Gasteiger partial charge in [-0.3, -0.25) is 48.2 Å². The number of nitrogens with one attached hydrogen (secondary N) is 4. The van der Waals surface area contributed by atoms with E-state index in [1.807, 2.05) is 51.3 Å². The van der Waals surface area contributed by atoms with E-state index >= 15 is 0 Å². The van der Waals surface area contributed by atoms with Gasteiger partial charge in [-0.2, -0.15) is 0 Å². The number of allylic oxidation sites excluding steroid dienone is 5. The van der Waals surface area contributed by atoms with Gasteiger partial charge in [0.15, 0.2) is 29.2 Å². The molecule has 3 aromatic rings. The van der Waals surface area contributed by atoms with Crippen molar-refractivity contribution in [3.8, 4) is 23.0 Å². The third-order valence-electron chi connectivity index (χ3n) is 15.6. The molecule has 0 spiro atoms. The van der Waals surface area contributed by atoms with E-state index in [2.05, 4.69) is 26.3 Å². The van der Waals surface area contributed by atoms with Crippen LogP contribution in [0.3, 0.4) is 0 Å². The van der Waals surface area contributed by atoms with Crippen LogP contribution in [0.25, 0.3) is 0 Å². The number of fused-ring (bicyclic) bond motifs is 3. The number of amides is 9. The Morgan fingerprint density at radius 2 is 1.35 bits per heavy atom. The molecule has 3 aromatic carbocycles. The molecule has 0 unspecified atom stereocenters. The van der Waals surface area contributed by atoms with Crippen molar-refractivity contribution in [2.45, 2.75) is 105 Å². The summed E-state index contributed by atoms with van der Waals surface area (Å²) >= 11 is 0. The summed E-state index contributed by atoms with van der Waals surface area (Å²) in [6.07, 6.45) is 14.1. The molecule has 528 valence electrons. The molecule has 0 radical (unpaired) electrons. The Hall–Kier alpha value is -9.74.